The molecule has 1 aromatic carbocycles. The monoisotopic (exact) mass is 542 g/mol. The smallest absolute Gasteiger partial charge is 0.361 e. The molecule has 5 heterocycles. The van der Waals surface area contributed by atoms with Crippen LogP contribution in [0.5, 0.6) is 0 Å². The second-order valence-electron chi connectivity index (χ2n) is 10.7. The number of hydrogen-bond donors (Lipinski definition) is 1. The number of hydrogen-bond acceptors (Lipinski definition) is 7. The topological polar surface area (TPSA) is 65.9 Å². The molecule has 0 saturated carbocycles. The fourth-order valence-corrected chi connectivity index (χ4v) is 5.92. The lowest BCUT2D eigenvalue weighted by atomic mass is 10.0. The third-order valence-corrected chi connectivity index (χ3v) is 7.90. The number of rotatable bonds is 4. The van der Waals surface area contributed by atoms with Crippen molar-refractivity contribution in [3.63, 3.8) is 0 Å². The van der Waals surface area contributed by atoms with Crippen molar-refractivity contribution >= 4 is 22.4 Å². The number of ether oxygens (including phenoxy) is 1. The standard InChI is InChI=1S/C28H33F3N6O2/c1-34-11-5-12-35(14-13-34)26-20(6-4-10-32-26)19-8-9-21-23(16-19)36(18-28(29,30)31)27(38)22-17-37(33-25(21)22)24-7-2-3-15-39-24/h4,6,8-10,16,24,33H,2-3,5,7,11-15,17-18H2,1H3. The summed E-state index contributed by atoms with van der Waals surface area (Å²) < 4.78 is 48.0. The first-order chi connectivity index (χ1) is 18.8. The van der Waals surface area contributed by atoms with Crippen LogP contribution in [0, 0.1) is 0 Å². The van der Waals surface area contributed by atoms with E-state index in [2.05, 4.69) is 27.3 Å². The summed E-state index contributed by atoms with van der Waals surface area (Å²) in [6.45, 7) is 3.03. The maximum atomic E-state index is 13.7. The van der Waals surface area contributed by atoms with E-state index in [4.69, 9.17) is 4.74 Å². The van der Waals surface area contributed by atoms with Gasteiger partial charge in [-0.2, -0.15) is 18.2 Å². The van der Waals surface area contributed by atoms with E-state index in [1.807, 2.05) is 29.3 Å². The number of aromatic nitrogens is 2. The molecule has 1 atom stereocenters. The Balaban J connectivity index is 1.45. The second-order valence-corrected chi connectivity index (χ2v) is 10.7. The average molecular weight is 543 g/mol. The fraction of sp³-hybridized carbons (Fsp3) is 0.500. The molecule has 11 heteroatoms. The van der Waals surface area contributed by atoms with Crippen LogP contribution in [-0.2, 0) is 17.8 Å². The Bertz CT molecular complexity index is 1420. The lowest BCUT2D eigenvalue weighted by Crippen LogP contribution is -2.40. The molecule has 208 valence electrons. The molecule has 3 aliphatic rings. The number of nitrogens with one attached hydrogen (secondary N) is 1. The van der Waals surface area contributed by atoms with Gasteiger partial charge in [0.1, 0.15) is 18.6 Å². The molecule has 0 radical (unpaired) electrons. The first kappa shape index (κ1) is 26.1. The zero-order chi connectivity index (χ0) is 27.1. The molecule has 1 unspecified atom stereocenters. The van der Waals surface area contributed by atoms with E-state index in [1.165, 1.54) is 0 Å². The summed E-state index contributed by atoms with van der Waals surface area (Å²) in [6, 6.07) is 9.22. The van der Waals surface area contributed by atoms with E-state index in [0.717, 1.165) is 73.4 Å². The van der Waals surface area contributed by atoms with Crippen LogP contribution in [-0.4, -0.2) is 71.7 Å². The number of fused-ring (bicyclic) bond motifs is 3. The van der Waals surface area contributed by atoms with Gasteiger partial charge in [-0.25, -0.2) is 4.98 Å². The van der Waals surface area contributed by atoms with Gasteiger partial charge < -0.3 is 20.0 Å². The minimum Gasteiger partial charge on any atom is -0.361 e. The Labute approximate surface area is 224 Å². The number of likely N-dealkylation sites (N-methyl/N-ethyl adjacent to an activating group) is 1. The van der Waals surface area contributed by atoms with E-state index in [0.29, 0.717) is 23.2 Å². The third-order valence-electron chi connectivity index (χ3n) is 7.90. The van der Waals surface area contributed by atoms with E-state index in [1.54, 1.807) is 12.3 Å². The van der Waals surface area contributed by atoms with Crippen molar-refractivity contribution in [2.75, 3.05) is 50.2 Å². The number of halogens is 3. The second kappa shape index (κ2) is 10.4. The molecule has 2 aromatic heterocycles. The van der Waals surface area contributed by atoms with Gasteiger partial charge in [-0.15, -0.1) is 0 Å². The van der Waals surface area contributed by atoms with Crippen molar-refractivity contribution in [3.05, 3.63) is 52.4 Å². The van der Waals surface area contributed by atoms with Gasteiger partial charge in [-0.1, -0.05) is 12.1 Å². The molecule has 0 bridgehead atoms. The van der Waals surface area contributed by atoms with Crippen LogP contribution in [0.1, 0.15) is 31.2 Å². The van der Waals surface area contributed by atoms with Crippen molar-refractivity contribution in [2.24, 2.45) is 0 Å². The molecule has 0 aliphatic carbocycles. The lowest BCUT2D eigenvalue weighted by Gasteiger charge is -2.30. The van der Waals surface area contributed by atoms with Crippen LogP contribution in [0.4, 0.5) is 24.7 Å². The predicted molar refractivity (Wildman–Crippen MR) is 145 cm³/mol. The molecule has 2 fully saturated rings. The van der Waals surface area contributed by atoms with Gasteiger partial charge in [0.05, 0.1) is 23.3 Å². The normalized spacial score (nSPS) is 21.1. The summed E-state index contributed by atoms with van der Waals surface area (Å²) in [7, 11) is 2.10. The Kier molecular flexibility index (Phi) is 6.98. The summed E-state index contributed by atoms with van der Waals surface area (Å²) in [5, 5.41) is 2.42. The maximum absolute atomic E-state index is 13.7. The minimum absolute atomic E-state index is 0.199. The van der Waals surface area contributed by atoms with Crippen LogP contribution in [0.2, 0.25) is 0 Å². The number of nitrogens with zero attached hydrogens (tertiary/aromatic N) is 5. The lowest BCUT2D eigenvalue weighted by molar-refractivity contribution is -0.140. The number of anilines is 2. The number of benzene rings is 1. The van der Waals surface area contributed by atoms with Crippen molar-refractivity contribution in [1.82, 2.24) is 19.5 Å². The van der Waals surface area contributed by atoms with E-state index in [9.17, 15) is 18.0 Å². The van der Waals surface area contributed by atoms with E-state index in [-0.39, 0.29) is 18.3 Å². The van der Waals surface area contributed by atoms with Crippen LogP contribution >= 0.6 is 0 Å². The largest absolute Gasteiger partial charge is 0.406 e. The highest BCUT2D eigenvalue weighted by atomic mass is 19.4. The average Bonchev–Trinajstić information content (AvgIpc) is 3.27. The number of hydrazine groups is 1. The Morgan fingerprint density at radius 1 is 1.10 bits per heavy atom. The Hall–Kier alpha value is -3.15. The van der Waals surface area contributed by atoms with Crippen LogP contribution in [0.3, 0.4) is 0 Å². The first-order valence-corrected chi connectivity index (χ1v) is 13.6. The third kappa shape index (κ3) is 5.22. The van der Waals surface area contributed by atoms with Gasteiger partial charge in [0.25, 0.3) is 5.56 Å². The van der Waals surface area contributed by atoms with Crippen LogP contribution < -0.4 is 15.9 Å². The molecule has 8 nitrogen and oxygen atoms in total. The van der Waals surface area contributed by atoms with Crippen molar-refractivity contribution in [2.45, 2.75) is 51.2 Å². The summed E-state index contributed by atoms with van der Waals surface area (Å²) in [6.07, 6.45) is 0.753. The van der Waals surface area contributed by atoms with Gasteiger partial charge in [0.15, 0.2) is 0 Å². The van der Waals surface area contributed by atoms with Crippen LogP contribution in [0.15, 0.2) is 41.3 Å². The highest BCUT2D eigenvalue weighted by Crippen LogP contribution is 2.37. The predicted octanol–water partition coefficient (Wildman–Crippen LogP) is 4.44. The van der Waals surface area contributed by atoms with Crippen molar-refractivity contribution in [1.29, 1.82) is 0 Å². The number of alkyl halides is 3. The minimum atomic E-state index is -4.54. The van der Waals surface area contributed by atoms with Gasteiger partial charge in [-0.05, 0) is 63.0 Å². The van der Waals surface area contributed by atoms with Crippen molar-refractivity contribution in [3.8, 4) is 11.1 Å². The highest BCUT2D eigenvalue weighted by molar-refractivity contribution is 5.97. The Morgan fingerprint density at radius 2 is 1.97 bits per heavy atom. The summed E-state index contributed by atoms with van der Waals surface area (Å²) in [4.78, 5) is 22.7. The molecular weight excluding hydrogens is 509 g/mol. The van der Waals surface area contributed by atoms with Gasteiger partial charge >= 0.3 is 6.18 Å². The molecule has 3 aromatic rings. The zero-order valence-electron chi connectivity index (χ0n) is 22.0. The highest BCUT2D eigenvalue weighted by Gasteiger charge is 2.35. The van der Waals surface area contributed by atoms with Gasteiger partial charge in [0, 0.05) is 43.4 Å². The summed E-state index contributed by atoms with van der Waals surface area (Å²) in [5.74, 6) is 0.803. The molecule has 2 saturated heterocycles. The first-order valence-electron chi connectivity index (χ1n) is 13.6. The molecular formula is C28H33F3N6O2. The summed E-state index contributed by atoms with van der Waals surface area (Å²) in [5.41, 5.74) is 5.39. The Morgan fingerprint density at radius 3 is 2.77 bits per heavy atom. The fourth-order valence-electron chi connectivity index (χ4n) is 5.92. The van der Waals surface area contributed by atoms with Crippen LogP contribution in [0.25, 0.3) is 22.0 Å². The molecule has 1 N–H and O–H groups in total. The maximum Gasteiger partial charge on any atom is 0.406 e. The summed E-state index contributed by atoms with van der Waals surface area (Å²) >= 11 is 0. The van der Waals surface area contributed by atoms with Gasteiger partial charge in [-0.3, -0.25) is 9.36 Å². The molecule has 3 aliphatic heterocycles. The van der Waals surface area contributed by atoms with Gasteiger partial charge in [0.2, 0.25) is 0 Å². The molecule has 39 heavy (non-hydrogen) atoms. The molecule has 6 rings (SSSR count). The molecule has 0 amide bonds. The quantitative estimate of drug-likeness (QED) is 0.523. The van der Waals surface area contributed by atoms with Crippen molar-refractivity contribution < 1.29 is 17.9 Å². The SMILES string of the molecule is CN1CCCN(c2ncccc2-c2ccc3c4c(c(=O)n(CC(F)(F)F)c3c2)CN(C2CCCCO2)N4)CC1. The van der Waals surface area contributed by atoms with E-state index >= 15 is 0 Å². The number of pyridine rings is 2. The zero-order valence-corrected chi connectivity index (χ0v) is 22.0. The van der Waals surface area contributed by atoms with E-state index < -0.39 is 18.3 Å². The molecule has 0 spiro atoms.